The predicted octanol–water partition coefficient (Wildman–Crippen LogP) is 1.52. The molecule has 24 heavy (non-hydrogen) atoms. The molecule has 1 saturated heterocycles. The number of rotatable bonds is 4. The normalized spacial score (nSPS) is 14.5. The lowest BCUT2D eigenvalue weighted by Gasteiger charge is -2.34. The quantitative estimate of drug-likeness (QED) is 0.895. The largest absolute Gasteiger partial charge is 0.342 e. The number of piperazine rings is 1. The van der Waals surface area contributed by atoms with Gasteiger partial charge in [-0.1, -0.05) is 12.1 Å². The first-order valence-electron chi connectivity index (χ1n) is 7.57. The lowest BCUT2D eigenvalue weighted by Crippen LogP contribution is -2.52. The summed E-state index contributed by atoms with van der Waals surface area (Å²) >= 11 is 2.76. The number of nitrogens with one attached hydrogen (secondary N) is 1. The van der Waals surface area contributed by atoms with E-state index in [1.165, 1.54) is 22.7 Å². The Kier molecular flexibility index (Phi) is 5.27. The van der Waals surface area contributed by atoms with Crippen molar-refractivity contribution in [2.24, 2.45) is 0 Å². The molecule has 8 heteroatoms. The summed E-state index contributed by atoms with van der Waals surface area (Å²) in [5.41, 5.74) is 0. The van der Waals surface area contributed by atoms with Crippen LogP contribution in [0.15, 0.2) is 35.0 Å². The van der Waals surface area contributed by atoms with Crippen molar-refractivity contribution >= 4 is 40.4 Å². The van der Waals surface area contributed by atoms with Gasteiger partial charge in [-0.15, -0.1) is 22.7 Å². The molecule has 0 spiro atoms. The van der Waals surface area contributed by atoms with E-state index >= 15 is 0 Å². The molecule has 3 rings (SSSR count). The highest BCUT2D eigenvalue weighted by Gasteiger charge is 2.25. The monoisotopic (exact) mass is 363 g/mol. The maximum atomic E-state index is 12.3. The molecule has 0 radical (unpaired) electrons. The van der Waals surface area contributed by atoms with E-state index in [4.69, 9.17) is 0 Å². The van der Waals surface area contributed by atoms with E-state index in [1.807, 2.05) is 22.9 Å². The van der Waals surface area contributed by atoms with Crippen molar-refractivity contribution < 1.29 is 14.4 Å². The minimum Gasteiger partial charge on any atom is -0.342 e. The van der Waals surface area contributed by atoms with Crippen LogP contribution in [0.4, 0.5) is 0 Å². The van der Waals surface area contributed by atoms with Crippen molar-refractivity contribution in [1.29, 1.82) is 0 Å². The summed E-state index contributed by atoms with van der Waals surface area (Å²) in [6, 6.07) is 7.18. The molecule has 2 aromatic rings. The molecule has 1 N–H and O–H groups in total. The molecule has 0 saturated carbocycles. The summed E-state index contributed by atoms with van der Waals surface area (Å²) in [6.45, 7) is 1.99. The van der Waals surface area contributed by atoms with E-state index in [9.17, 15) is 14.4 Å². The Labute approximate surface area is 147 Å². The molecule has 0 atom stereocenters. The van der Waals surface area contributed by atoms with Crippen LogP contribution in [0.5, 0.6) is 0 Å². The molecule has 0 aromatic carbocycles. The van der Waals surface area contributed by atoms with Crippen LogP contribution in [0.3, 0.4) is 0 Å². The zero-order valence-corrected chi connectivity index (χ0v) is 14.6. The fourth-order valence-electron chi connectivity index (χ4n) is 2.48. The van der Waals surface area contributed by atoms with Gasteiger partial charge in [-0.2, -0.15) is 0 Å². The summed E-state index contributed by atoms with van der Waals surface area (Å²) in [5, 5.41) is 6.34. The first kappa shape index (κ1) is 16.7. The highest BCUT2D eigenvalue weighted by Crippen LogP contribution is 2.14. The molecule has 1 aliphatic rings. The van der Waals surface area contributed by atoms with E-state index in [0.717, 1.165) is 4.88 Å². The summed E-state index contributed by atoms with van der Waals surface area (Å²) in [6.07, 6.45) is 0. The molecular weight excluding hydrogens is 346 g/mol. The first-order chi connectivity index (χ1) is 11.6. The third kappa shape index (κ3) is 3.82. The van der Waals surface area contributed by atoms with E-state index in [1.54, 1.807) is 21.9 Å². The van der Waals surface area contributed by atoms with Crippen molar-refractivity contribution in [2.75, 3.05) is 32.7 Å². The van der Waals surface area contributed by atoms with E-state index in [-0.39, 0.29) is 24.3 Å². The molecule has 0 aliphatic carbocycles. The SMILES string of the molecule is O=C(NCC(=O)N1CCN(C(=O)c2cccs2)CC1)c1cccs1. The number of carbonyl (C=O) groups excluding carboxylic acids is 3. The maximum absolute atomic E-state index is 12.3. The Morgan fingerprint density at radius 3 is 2.08 bits per heavy atom. The van der Waals surface area contributed by atoms with Crippen LogP contribution in [-0.4, -0.2) is 60.2 Å². The summed E-state index contributed by atoms with van der Waals surface area (Å²) in [4.78, 5) is 41.1. The van der Waals surface area contributed by atoms with Gasteiger partial charge in [0.25, 0.3) is 11.8 Å². The van der Waals surface area contributed by atoms with Crippen molar-refractivity contribution in [3.63, 3.8) is 0 Å². The molecule has 2 aromatic heterocycles. The predicted molar refractivity (Wildman–Crippen MR) is 93.5 cm³/mol. The fourth-order valence-corrected chi connectivity index (χ4v) is 3.81. The van der Waals surface area contributed by atoms with Crippen LogP contribution in [0.25, 0.3) is 0 Å². The lowest BCUT2D eigenvalue weighted by atomic mass is 10.3. The molecular formula is C16H17N3O3S2. The molecule has 3 amide bonds. The van der Waals surface area contributed by atoms with Crippen LogP contribution < -0.4 is 5.32 Å². The highest BCUT2D eigenvalue weighted by atomic mass is 32.1. The summed E-state index contributed by atoms with van der Waals surface area (Å²) < 4.78 is 0. The van der Waals surface area contributed by atoms with Crippen molar-refractivity contribution in [3.05, 3.63) is 44.8 Å². The number of thiophene rings is 2. The molecule has 6 nitrogen and oxygen atoms in total. The van der Waals surface area contributed by atoms with Crippen LogP contribution in [0.1, 0.15) is 19.3 Å². The second-order valence-corrected chi connectivity index (χ2v) is 7.21. The number of carbonyl (C=O) groups is 3. The zero-order valence-electron chi connectivity index (χ0n) is 12.9. The van der Waals surface area contributed by atoms with E-state index < -0.39 is 0 Å². The van der Waals surface area contributed by atoms with Gasteiger partial charge in [0.1, 0.15) is 0 Å². The van der Waals surface area contributed by atoms with Gasteiger partial charge in [-0.05, 0) is 22.9 Å². The molecule has 3 heterocycles. The number of nitrogens with zero attached hydrogens (tertiary/aromatic N) is 2. The Morgan fingerprint density at radius 1 is 0.917 bits per heavy atom. The molecule has 0 unspecified atom stereocenters. The fraction of sp³-hybridized carbons (Fsp3) is 0.312. The lowest BCUT2D eigenvalue weighted by molar-refractivity contribution is -0.131. The second kappa shape index (κ2) is 7.59. The Balaban J connectivity index is 1.45. The van der Waals surface area contributed by atoms with Gasteiger partial charge in [0.2, 0.25) is 5.91 Å². The number of hydrogen-bond donors (Lipinski definition) is 1. The molecule has 1 aliphatic heterocycles. The summed E-state index contributed by atoms with van der Waals surface area (Å²) in [5.74, 6) is -0.337. The first-order valence-corrected chi connectivity index (χ1v) is 9.33. The Morgan fingerprint density at radius 2 is 1.50 bits per heavy atom. The zero-order chi connectivity index (χ0) is 16.9. The van der Waals surface area contributed by atoms with E-state index in [2.05, 4.69) is 5.32 Å². The molecule has 0 bridgehead atoms. The van der Waals surface area contributed by atoms with Gasteiger partial charge in [0, 0.05) is 26.2 Å². The van der Waals surface area contributed by atoms with Crippen molar-refractivity contribution in [2.45, 2.75) is 0 Å². The van der Waals surface area contributed by atoms with Gasteiger partial charge in [-0.25, -0.2) is 0 Å². The average molecular weight is 363 g/mol. The van der Waals surface area contributed by atoms with Gasteiger partial charge < -0.3 is 15.1 Å². The topological polar surface area (TPSA) is 69.7 Å². The van der Waals surface area contributed by atoms with Gasteiger partial charge in [-0.3, -0.25) is 14.4 Å². The minimum absolute atomic E-state index is 0.0168. The number of hydrogen-bond acceptors (Lipinski definition) is 5. The minimum atomic E-state index is -0.232. The van der Waals surface area contributed by atoms with Gasteiger partial charge >= 0.3 is 0 Å². The van der Waals surface area contributed by atoms with Crippen LogP contribution in [-0.2, 0) is 4.79 Å². The molecule has 1 fully saturated rings. The average Bonchev–Trinajstić information content (AvgIpc) is 3.32. The van der Waals surface area contributed by atoms with Crippen LogP contribution >= 0.6 is 22.7 Å². The Hall–Kier alpha value is -2.19. The highest BCUT2D eigenvalue weighted by molar-refractivity contribution is 7.12. The van der Waals surface area contributed by atoms with Gasteiger partial charge in [0.05, 0.1) is 16.3 Å². The second-order valence-electron chi connectivity index (χ2n) is 5.31. The van der Waals surface area contributed by atoms with E-state index in [0.29, 0.717) is 31.1 Å². The van der Waals surface area contributed by atoms with Crippen molar-refractivity contribution in [3.8, 4) is 0 Å². The standard InChI is InChI=1S/C16H17N3O3S2/c20-14(11-17-15(21)12-3-1-9-23-12)18-5-7-19(8-6-18)16(22)13-4-2-10-24-13/h1-4,9-10H,5-8,11H2,(H,17,21). The van der Waals surface area contributed by atoms with Crippen molar-refractivity contribution in [1.82, 2.24) is 15.1 Å². The number of amides is 3. The maximum Gasteiger partial charge on any atom is 0.264 e. The smallest absolute Gasteiger partial charge is 0.264 e. The van der Waals surface area contributed by atoms with Gasteiger partial charge in [0.15, 0.2) is 0 Å². The van der Waals surface area contributed by atoms with Crippen LogP contribution in [0, 0.1) is 0 Å². The molecule has 126 valence electrons. The summed E-state index contributed by atoms with van der Waals surface area (Å²) in [7, 11) is 0. The van der Waals surface area contributed by atoms with Crippen LogP contribution in [0.2, 0.25) is 0 Å². The third-order valence-electron chi connectivity index (χ3n) is 3.80. The Bertz CT molecular complexity index is 705. The third-order valence-corrected chi connectivity index (χ3v) is 5.52.